The lowest BCUT2D eigenvalue weighted by molar-refractivity contribution is -0.136. The third-order valence-electron chi connectivity index (χ3n) is 6.22. The Morgan fingerprint density at radius 3 is 2.35 bits per heavy atom. The fourth-order valence-electron chi connectivity index (χ4n) is 4.33. The van der Waals surface area contributed by atoms with E-state index < -0.39 is 23.8 Å². The van der Waals surface area contributed by atoms with E-state index in [1.165, 1.54) is 12.8 Å². The molecule has 2 aliphatic rings. The largest absolute Gasteiger partial charge is 0.295 e. The summed E-state index contributed by atoms with van der Waals surface area (Å²) >= 11 is 0. The maximum Gasteiger partial charge on any atom is 0.262 e. The fraction of sp³-hybridized carbons (Fsp3) is 0.357. The molecule has 0 spiro atoms. The zero-order valence-electron chi connectivity index (χ0n) is 19.5. The molecule has 1 atom stereocenters. The Labute approximate surface area is 199 Å². The van der Waals surface area contributed by atoms with Gasteiger partial charge in [-0.15, -0.1) is 0 Å². The van der Waals surface area contributed by atoms with Crippen LogP contribution in [0.15, 0.2) is 42.5 Å². The molecule has 6 nitrogen and oxygen atoms in total. The molecular weight excluding hydrogens is 428 g/mol. The highest BCUT2D eigenvalue weighted by molar-refractivity contribution is 6.23. The number of nitrogens with zero attached hydrogens (tertiary/aromatic N) is 1. The van der Waals surface area contributed by atoms with E-state index in [9.17, 15) is 19.2 Å². The Bertz CT molecular complexity index is 1200. The van der Waals surface area contributed by atoms with E-state index in [1.807, 2.05) is 24.3 Å². The van der Waals surface area contributed by atoms with Crippen LogP contribution in [0.3, 0.4) is 0 Å². The van der Waals surface area contributed by atoms with Crippen LogP contribution in [0.25, 0.3) is 11.1 Å². The first kappa shape index (κ1) is 23.4. The SMILES string of the molecule is CC(C)CCCCC#Cc1ccc(-c2ccc3c(c2)C(=O)N(C2CCC(=O)NC2=O)C3=O)cc1. The lowest BCUT2D eigenvalue weighted by Gasteiger charge is -2.27. The van der Waals surface area contributed by atoms with E-state index in [0.717, 1.165) is 40.3 Å². The van der Waals surface area contributed by atoms with Crippen LogP contribution < -0.4 is 5.32 Å². The first-order chi connectivity index (χ1) is 16.3. The number of nitrogens with one attached hydrogen (secondary N) is 1. The van der Waals surface area contributed by atoms with Crippen molar-refractivity contribution in [2.45, 2.75) is 58.4 Å². The Morgan fingerprint density at radius 1 is 0.941 bits per heavy atom. The maximum absolute atomic E-state index is 13.0. The van der Waals surface area contributed by atoms with Crippen LogP contribution in [0.2, 0.25) is 0 Å². The zero-order chi connectivity index (χ0) is 24.2. The second kappa shape index (κ2) is 10.0. The van der Waals surface area contributed by atoms with Crippen molar-refractivity contribution in [3.63, 3.8) is 0 Å². The number of rotatable bonds is 6. The van der Waals surface area contributed by atoms with Crippen molar-refractivity contribution in [3.8, 4) is 23.0 Å². The number of piperidine rings is 1. The molecule has 2 aliphatic heterocycles. The molecule has 174 valence electrons. The second-order valence-corrected chi connectivity index (χ2v) is 9.23. The van der Waals surface area contributed by atoms with Gasteiger partial charge in [-0.3, -0.25) is 29.4 Å². The molecule has 4 rings (SSSR count). The van der Waals surface area contributed by atoms with E-state index in [4.69, 9.17) is 0 Å². The molecule has 1 unspecified atom stereocenters. The molecule has 0 bridgehead atoms. The normalized spacial score (nSPS) is 17.5. The molecule has 2 heterocycles. The molecule has 0 aromatic heterocycles. The molecular formula is C28H28N2O4. The van der Waals surface area contributed by atoms with Gasteiger partial charge in [0.25, 0.3) is 11.8 Å². The second-order valence-electron chi connectivity index (χ2n) is 9.23. The molecule has 2 aromatic carbocycles. The van der Waals surface area contributed by atoms with Crippen LogP contribution in [-0.4, -0.2) is 34.6 Å². The number of benzene rings is 2. The van der Waals surface area contributed by atoms with E-state index in [0.29, 0.717) is 0 Å². The van der Waals surface area contributed by atoms with Crippen molar-refractivity contribution in [1.29, 1.82) is 0 Å². The number of fused-ring (bicyclic) bond motifs is 1. The van der Waals surface area contributed by atoms with Gasteiger partial charge in [0.05, 0.1) is 11.1 Å². The van der Waals surface area contributed by atoms with Gasteiger partial charge in [-0.1, -0.05) is 56.7 Å². The van der Waals surface area contributed by atoms with Crippen molar-refractivity contribution in [3.05, 3.63) is 59.2 Å². The molecule has 2 aromatic rings. The highest BCUT2D eigenvalue weighted by atomic mass is 16.2. The minimum Gasteiger partial charge on any atom is -0.295 e. The number of carbonyl (C=O) groups is 4. The van der Waals surface area contributed by atoms with Gasteiger partial charge in [0.2, 0.25) is 11.8 Å². The van der Waals surface area contributed by atoms with Crippen molar-refractivity contribution in [2.24, 2.45) is 5.92 Å². The minimum absolute atomic E-state index is 0.0995. The van der Waals surface area contributed by atoms with Gasteiger partial charge in [-0.25, -0.2) is 0 Å². The molecule has 1 N–H and O–H groups in total. The fourth-order valence-corrected chi connectivity index (χ4v) is 4.33. The van der Waals surface area contributed by atoms with Crippen LogP contribution in [0.1, 0.15) is 78.7 Å². The lowest BCUT2D eigenvalue weighted by atomic mass is 9.99. The van der Waals surface area contributed by atoms with Gasteiger partial charge in [0.1, 0.15) is 6.04 Å². The topological polar surface area (TPSA) is 83.6 Å². The quantitative estimate of drug-likeness (QED) is 0.399. The van der Waals surface area contributed by atoms with E-state index in [2.05, 4.69) is 31.0 Å². The third kappa shape index (κ3) is 4.94. The van der Waals surface area contributed by atoms with Crippen LogP contribution in [0, 0.1) is 17.8 Å². The average Bonchev–Trinajstić information content (AvgIpc) is 3.06. The average molecular weight is 457 g/mol. The monoisotopic (exact) mass is 456 g/mol. The number of carbonyl (C=O) groups excluding carboxylic acids is 4. The number of hydrogen-bond acceptors (Lipinski definition) is 4. The summed E-state index contributed by atoms with van der Waals surface area (Å²) < 4.78 is 0. The Morgan fingerprint density at radius 2 is 1.65 bits per heavy atom. The standard InChI is InChI=1S/C28H28N2O4/c1-18(2)7-5-3-4-6-8-19-9-11-20(12-10-19)21-13-14-22-23(17-21)28(34)30(27(22)33)24-15-16-25(31)29-26(24)32/h9-14,17-18,24H,3-5,7,15-16H2,1-2H3,(H,29,31,32). The molecule has 6 heteroatoms. The number of imide groups is 2. The van der Waals surface area contributed by atoms with Gasteiger partial charge in [-0.2, -0.15) is 0 Å². The minimum atomic E-state index is -0.961. The van der Waals surface area contributed by atoms with Crippen LogP contribution in [0.5, 0.6) is 0 Å². The molecule has 34 heavy (non-hydrogen) atoms. The van der Waals surface area contributed by atoms with Gasteiger partial charge in [0.15, 0.2) is 0 Å². The van der Waals surface area contributed by atoms with Crippen molar-refractivity contribution in [2.75, 3.05) is 0 Å². The Hall–Kier alpha value is -3.72. The summed E-state index contributed by atoms with van der Waals surface area (Å²) in [5.41, 5.74) is 3.20. The first-order valence-corrected chi connectivity index (χ1v) is 11.8. The van der Waals surface area contributed by atoms with Crippen molar-refractivity contribution < 1.29 is 19.2 Å². The van der Waals surface area contributed by atoms with E-state index in [1.54, 1.807) is 18.2 Å². The number of amides is 4. The maximum atomic E-state index is 13.0. The van der Waals surface area contributed by atoms with Gasteiger partial charge < -0.3 is 0 Å². The summed E-state index contributed by atoms with van der Waals surface area (Å²) in [4.78, 5) is 50.5. The summed E-state index contributed by atoms with van der Waals surface area (Å²) in [5, 5.41) is 2.21. The van der Waals surface area contributed by atoms with Gasteiger partial charge >= 0.3 is 0 Å². The molecule has 0 radical (unpaired) electrons. The molecule has 1 saturated heterocycles. The summed E-state index contributed by atoms with van der Waals surface area (Å²) in [7, 11) is 0. The van der Waals surface area contributed by atoms with Gasteiger partial charge in [-0.05, 0) is 54.2 Å². The zero-order valence-corrected chi connectivity index (χ0v) is 19.5. The molecule has 4 amide bonds. The third-order valence-corrected chi connectivity index (χ3v) is 6.22. The summed E-state index contributed by atoms with van der Waals surface area (Å²) in [6.45, 7) is 4.47. The van der Waals surface area contributed by atoms with Gasteiger partial charge in [0, 0.05) is 18.4 Å². The van der Waals surface area contributed by atoms with Crippen molar-refractivity contribution in [1.82, 2.24) is 10.2 Å². The van der Waals surface area contributed by atoms with Crippen LogP contribution in [0.4, 0.5) is 0 Å². The molecule has 0 saturated carbocycles. The first-order valence-electron chi connectivity index (χ1n) is 11.8. The molecule has 0 aliphatic carbocycles. The summed E-state index contributed by atoms with van der Waals surface area (Å²) in [6, 6.07) is 12.0. The van der Waals surface area contributed by atoms with Crippen LogP contribution in [-0.2, 0) is 9.59 Å². The number of unbranched alkanes of at least 4 members (excludes halogenated alkanes) is 2. The van der Waals surface area contributed by atoms with E-state index in [-0.39, 0.29) is 29.9 Å². The van der Waals surface area contributed by atoms with Crippen molar-refractivity contribution >= 4 is 23.6 Å². The predicted molar refractivity (Wildman–Crippen MR) is 129 cm³/mol. The Balaban J connectivity index is 1.46. The Kier molecular flexibility index (Phi) is 6.93. The van der Waals surface area contributed by atoms with E-state index >= 15 is 0 Å². The van der Waals surface area contributed by atoms with Crippen LogP contribution >= 0.6 is 0 Å². The smallest absolute Gasteiger partial charge is 0.262 e. The number of hydrogen-bond donors (Lipinski definition) is 1. The predicted octanol–water partition coefficient (Wildman–Crippen LogP) is 4.32. The molecule has 1 fully saturated rings. The summed E-state index contributed by atoms with van der Waals surface area (Å²) in [6.07, 6.45) is 4.67. The highest BCUT2D eigenvalue weighted by Gasteiger charge is 2.44. The highest BCUT2D eigenvalue weighted by Crippen LogP contribution is 2.31. The lowest BCUT2D eigenvalue weighted by Crippen LogP contribution is -2.54. The summed E-state index contributed by atoms with van der Waals surface area (Å²) in [5.74, 6) is 5.16.